The predicted molar refractivity (Wildman–Crippen MR) is 108 cm³/mol. The van der Waals surface area contributed by atoms with Gasteiger partial charge in [-0.25, -0.2) is 14.0 Å². The van der Waals surface area contributed by atoms with Crippen molar-refractivity contribution < 1.29 is 19.1 Å². The minimum atomic E-state index is -4.79. The Kier molecular flexibility index (Phi) is 6.82. The highest BCUT2D eigenvalue weighted by Crippen LogP contribution is 2.42. The van der Waals surface area contributed by atoms with Crippen LogP contribution < -0.4 is 5.32 Å². The minimum absolute atomic E-state index is 0.150. The van der Waals surface area contributed by atoms with Crippen molar-refractivity contribution in [3.8, 4) is 0 Å². The first-order valence-corrected chi connectivity index (χ1v) is 10.5. The number of nitrogens with zero attached hydrogens (tertiary/aromatic N) is 1. The van der Waals surface area contributed by atoms with E-state index in [1.165, 1.54) is 0 Å². The van der Waals surface area contributed by atoms with Crippen molar-refractivity contribution in [2.75, 3.05) is 5.32 Å². The summed E-state index contributed by atoms with van der Waals surface area (Å²) in [7, 11) is -4.79. The lowest BCUT2D eigenvalue weighted by Gasteiger charge is -2.26. The van der Waals surface area contributed by atoms with E-state index in [1.807, 2.05) is 45.9 Å². The number of urea groups is 1. The number of carbonyl (C=O) groups excluding carboxylic acids is 1. The maximum absolute atomic E-state index is 12.8. The van der Waals surface area contributed by atoms with Crippen LogP contribution in [-0.4, -0.2) is 20.5 Å². The first-order valence-electron chi connectivity index (χ1n) is 8.92. The van der Waals surface area contributed by atoms with Crippen LogP contribution in [0.1, 0.15) is 56.2 Å². The summed E-state index contributed by atoms with van der Waals surface area (Å²) >= 11 is 0. The zero-order valence-corrected chi connectivity index (χ0v) is 17.0. The summed E-state index contributed by atoms with van der Waals surface area (Å²) in [6, 6.07) is 13.7. The molecule has 2 amide bonds. The fourth-order valence-electron chi connectivity index (χ4n) is 2.91. The van der Waals surface area contributed by atoms with Crippen LogP contribution in [0.15, 0.2) is 48.5 Å². The number of carbonyl (C=O) groups is 1. The highest BCUT2D eigenvalue weighted by molar-refractivity contribution is 7.49. The third-order valence-corrected chi connectivity index (χ3v) is 5.28. The van der Waals surface area contributed by atoms with Gasteiger partial charge >= 0.3 is 13.8 Å². The number of benzene rings is 2. The molecular formula is C20H27N2O4P. The summed E-state index contributed by atoms with van der Waals surface area (Å²) in [6.07, 6.45) is 0. The smallest absolute Gasteiger partial charge is 0.308 e. The first kappa shape index (κ1) is 21.2. The van der Waals surface area contributed by atoms with Crippen LogP contribution in [0.25, 0.3) is 0 Å². The molecule has 0 saturated heterocycles. The third kappa shape index (κ3) is 5.42. The average molecular weight is 390 g/mol. The Bertz CT molecular complexity index is 805. The van der Waals surface area contributed by atoms with Gasteiger partial charge in [-0.15, -0.1) is 0 Å². The molecule has 6 nitrogen and oxygen atoms in total. The molecule has 0 aromatic heterocycles. The molecule has 0 aliphatic heterocycles. The lowest BCUT2D eigenvalue weighted by Crippen LogP contribution is -2.32. The molecule has 0 aliphatic rings. The molecule has 0 fully saturated rings. The van der Waals surface area contributed by atoms with E-state index in [4.69, 9.17) is 0 Å². The average Bonchev–Trinajstić information content (AvgIpc) is 2.59. The standard InChI is InChI=1S/C20H27N2O4P/c1-14(2)17-11-8-12-18(15(3)4)19(17)21-20(23)22(27(24,25)26)13-16-9-6-5-7-10-16/h5-12,14-15H,13H2,1-4H3,(H,21,23)(H2,24,25,26). The van der Waals surface area contributed by atoms with Crippen LogP contribution in [0.5, 0.6) is 0 Å². The molecule has 0 unspecified atom stereocenters. The van der Waals surface area contributed by atoms with Gasteiger partial charge in [-0.3, -0.25) is 0 Å². The number of para-hydroxylation sites is 1. The summed E-state index contributed by atoms with van der Waals surface area (Å²) in [5, 5.41) is 2.76. The van der Waals surface area contributed by atoms with E-state index in [0.717, 1.165) is 11.1 Å². The van der Waals surface area contributed by atoms with Crippen molar-refractivity contribution in [3.63, 3.8) is 0 Å². The highest BCUT2D eigenvalue weighted by atomic mass is 31.2. The largest absolute Gasteiger partial charge is 0.434 e. The van der Waals surface area contributed by atoms with Crippen LogP contribution >= 0.6 is 7.75 Å². The second kappa shape index (κ2) is 8.70. The van der Waals surface area contributed by atoms with Gasteiger partial charge in [0.05, 0.1) is 6.54 Å². The van der Waals surface area contributed by atoms with Gasteiger partial charge in [0.25, 0.3) is 0 Å². The fraction of sp³-hybridized carbons (Fsp3) is 0.350. The molecule has 0 bridgehead atoms. The van der Waals surface area contributed by atoms with Gasteiger partial charge in [0.15, 0.2) is 0 Å². The molecule has 7 heteroatoms. The Hall–Kier alpha value is -2.14. The fourth-order valence-corrected chi connectivity index (χ4v) is 3.54. The van der Waals surface area contributed by atoms with Gasteiger partial charge in [0.1, 0.15) is 0 Å². The lowest BCUT2D eigenvalue weighted by molar-refractivity contribution is 0.218. The number of nitrogens with one attached hydrogen (secondary N) is 1. The van der Waals surface area contributed by atoms with E-state index in [-0.39, 0.29) is 18.4 Å². The molecule has 0 heterocycles. The molecule has 0 spiro atoms. The van der Waals surface area contributed by atoms with Gasteiger partial charge < -0.3 is 15.1 Å². The van der Waals surface area contributed by atoms with E-state index >= 15 is 0 Å². The second-order valence-electron chi connectivity index (χ2n) is 7.11. The summed E-state index contributed by atoms with van der Waals surface area (Å²) < 4.78 is 12.5. The number of hydrogen-bond acceptors (Lipinski definition) is 2. The Labute approximate surface area is 160 Å². The van der Waals surface area contributed by atoms with Gasteiger partial charge in [-0.2, -0.15) is 0 Å². The zero-order valence-electron chi connectivity index (χ0n) is 16.1. The normalized spacial score (nSPS) is 11.7. The zero-order chi connectivity index (χ0) is 20.2. The Balaban J connectivity index is 2.39. The van der Waals surface area contributed by atoms with Crippen molar-refractivity contribution in [2.24, 2.45) is 0 Å². The lowest BCUT2D eigenvalue weighted by atomic mass is 9.93. The van der Waals surface area contributed by atoms with E-state index in [2.05, 4.69) is 5.32 Å². The van der Waals surface area contributed by atoms with E-state index in [0.29, 0.717) is 15.9 Å². The molecule has 2 rings (SSSR count). The summed E-state index contributed by atoms with van der Waals surface area (Å²) in [5.74, 6) is 0.299. The minimum Gasteiger partial charge on any atom is -0.308 e. The Morgan fingerprint density at radius 3 is 1.93 bits per heavy atom. The molecule has 27 heavy (non-hydrogen) atoms. The van der Waals surface area contributed by atoms with Crippen molar-refractivity contribution in [1.29, 1.82) is 0 Å². The molecule has 2 aromatic carbocycles. The summed E-state index contributed by atoms with van der Waals surface area (Å²) in [5.41, 5.74) is 3.12. The number of rotatable bonds is 6. The quantitative estimate of drug-likeness (QED) is 0.602. The molecule has 3 N–H and O–H groups in total. The molecule has 0 aliphatic carbocycles. The Morgan fingerprint density at radius 1 is 0.963 bits per heavy atom. The van der Waals surface area contributed by atoms with Crippen LogP contribution in [0.3, 0.4) is 0 Å². The second-order valence-corrected chi connectivity index (χ2v) is 8.62. The van der Waals surface area contributed by atoms with Crippen molar-refractivity contribution in [1.82, 2.24) is 4.67 Å². The molecule has 0 atom stereocenters. The molecule has 2 aromatic rings. The number of anilines is 1. The van der Waals surface area contributed by atoms with Crippen LogP contribution in [0, 0.1) is 0 Å². The molecule has 146 valence electrons. The van der Waals surface area contributed by atoms with Gasteiger partial charge in [-0.1, -0.05) is 76.2 Å². The number of hydrogen-bond donors (Lipinski definition) is 3. The SMILES string of the molecule is CC(C)c1cccc(C(C)C)c1NC(=O)N(Cc1ccccc1)P(=O)(O)O. The van der Waals surface area contributed by atoms with Gasteiger partial charge in [-0.05, 0) is 28.5 Å². The predicted octanol–water partition coefficient (Wildman–Crippen LogP) is 5.06. The maximum atomic E-state index is 12.8. The topological polar surface area (TPSA) is 89.9 Å². The van der Waals surface area contributed by atoms with Crippen LogP contribution in [0.2, 0.25) is 0 Å². The van der Waals surface area contributed by atoms with E-state index < -0.39 is 13.8 Å². The summed E-state index contributed by atoms with van der Waals surface area (Å²) in [4.78, 5) is 32.3. The van der Waals surface area contributed by atoms with Crippen LogP contribution in [0.4, 0.5) is 10.5 Å². The molecular weight excluding hydrogens is 363 g/mol. The highest BCUT2D eigenvalue weighted by Gasteiger charge is 2.32. The van der Waals surface area contributed by atoms with Gasteiger partial charge in [0.2, 0.25) is 0 Å². The van der Waals surface area contributed by atoms with E-state index in [9.17, 15) is 19.1 Å². The molecule has 0 saturated carbocycles. The first-order chi connectivity index (χ1) is 12.6. The third-order valence-electron chi connectivity index (χ3n) is 4.33. The van der Waals surface area contributed by atoms with Crippen molar-refractivity contribution >= 4 is 19.5 Å². The molecule has 0 radical (unpaired) electrons. The van der Waals surface area contributed by atoms with Gasteiger partial charge in [0, 0.05) is 5.69 Å². The Morgan fingerprint density at radius 2 is 1.48 bits per heavy atom. The van der Waals surface area contributed by atoms with E-state index in [1.54, 1.807) is 30.3 Å². The van der Waals surface area contributed by atoms with Crippen molar-refractivity contribution in [3.05, 3.63) is 65.2 Å². The number of amides is 2. The van der Waals surface area contributed by atoms with Crippen molar-refractivity contribution in [2.45, 2.75) is 46.1 Å². The summed E-state index contributed by atoms with van der Waals surface area (Å²) in [6.45, 7) is 7.87. The van der Waals surface area contributed by atoms with Crippen LogP contribution in [-0.2, 0) is 11.1 Å². The monoisotopic (exact) mass is 390 g/mol. The maximum Gasteiger partial charge on any atom is 0.434 e.